The molecule has 43 heteroatoms. The minimum absolute atomic E-state index is 0.139. The van der Waals surface area contributed by atoms with Crippen LogP contribution in [0.2, 0.25) is 0 Å². The average molecular weight is 1690 g/mol. The third kappa shape index (κ3) is 36.3. The topological polar surface area (TPSA) is 547 Å². The van der Waals surface area contributed by atoms with E-state index in [1.165, 1.54) is 25.7 Å². The second-order valence-corrected chi connectivity index (χ2v) is 27.8. The maximum atomic E-state index is 14.9. The number of carbonyl (C=O) groups excluding carboxylic acids is 16. The highest BCUT2D eigenvalue weighted by Gasteiger charge is 2.54. The molecule has 5 rings (SSSR count). The normalized spacial score (nSPS) is 24.9. The van der Waals surface area contributed by atoms with E-state index in [1.54, 1.807) is 24.3 Å². The van der Waals surface area contributed by atoms with Crippen molar-refractivity contribution in [1.82, 2.24) is 42.1 Å². The Hall–Kier alpha value is -9.70. The zero-order valence-electron chi connectivity index (χ0n) is 68.2. The van der Waals surface area contributed by atoms with Crippen molar-refractivity contribution in [2.45, 2.75) is 226 Å². The van der Waals surface area contributed by atoms with Crippen LogP contribution in [0.5, 0.6) is 0 Å². The van der Waals surface area contributed by atoms with Crippen LogP contribution in [0, 0.1) is 5.92 Å². The zero-order valence-corrected chi connectivity index (χ0v) is 68.2. The van der Waals surface area contributed by atoms with Gasteiger partial charge in [-0.05, 0) is 43.2 Å². The Kier molecular flexibility index (Phi) is 43.2. The first kappa shape index (κ1) is 98.9. The van der Waals surface area contributed by atoms with Gasteiger partial charge in [0.2, 0.25) is 41.4 Å². The molecule has 118 heavy (non-hydrogen) atoms. The van der Waals surface area contributed by atoms with Crippen LogP contribution in [0.1, 0.15) is 120 Å². The van der Waals surface area contributed by atoms with Crippen LogP contribution in [0.3, 0.4) is 0 Å². The first-order valence-corrected chi connectivity index (χ1v) is 38.4. The first-order chi connectivity index (χ1) is 56.0. The van der Waals surface area contributed by atoms with E-state index < -0.39 is 226 Å². The lowest BCUT2D eigenvalue weighted by atomic mass is 9.87. The maximum Gasteiger partial charge on any atom is 0.303 e. The number of esters is 9. The van der Waals surface area contributed by atoms with Crippen molar-refractivity contribution < 1.29 is 167 Å². The van der Waals surface area contributed by atoms with Gasteiger partial charge >= 0.3 is 53.7 Å². The molecule has 4 fully saturated rings. The predicted molar refractivity (Wildman–Crippen MR) is 397 cm³/mol. The predicted octanol–water partition coefficient (Wildman–Crippen LogP) is -3.52. The summed E-state index contributed by atoms with van der Waals surface area (Å²) in [5.41, 5.74) is 1.23. The quantitative estimate of drug-likeness (QED) is 0.0178. The fourth-order valence-corrected chi connectivity index (χ4v) is 13.0. The highest BCUT2D eigenvalue weighted by atomic mass is 16.7. The summed E-state index contributed by atoms with van der Waals surface area (Å²) in [7, 11) is 0. The smallest absolute Gasteiger partial charge is 0.303 e. The molecule has 3 heterocycles. The Morgan fingerprint density at radius 2 is 0.703 bits per heavy atom. The molecule has 8 N–H and O–H groups in total. The molecular formula is C75H112N8O35. The van der Waals surface area contributed by atoms with Gasteiger partial charge in [-0.2, -0.15) is 0 Å². The molecule has 3 saturated heterocycles. The summed E-state index contributed by atoms with van der Waals surface area (Å²) in [5, 5.41) is 29.0. The lowest BCUT2D eigenvalue weighted by molar-refractivity contribution is -0.279. The first-order valence-electron chi connectivity index (χ1n) is 38.4. The molecule has 1 aromatic rings. The SMILES string of the molecule is CC(=O)NC1C(OCCOCCNC(=O)CN(CC(=O)NCCOCCOC2OC(COC(C)=O)C(OC(C)=O)C(OC(C)=O)C2NC(C)=O)C(Cc2ccc(CNC(=O)[C@H]3CC[C@@H](O)CC3)cc2)C(=O)NCCOCCOC2OC(COC(C)=O)C(OC(C)=O)C(OC(C)=O)C2NC(C)=O)OC(COC(C)=O)C(OC(C)=O)C1OC(C)=O. The van der Waals surface area contributed by atoms with Crippen molar-refractivity contribution in [2.24, 2.45) is 5.92 Å². The van der Waals surface area contributed by atoms with Gasteiger partial charge in [0.25, 0.3) is 0 Å². The molecule has 0 radical (unpaired) electrons. The molecule has 43 nitrogen and oxygen atoms in total. The second kappa shape index (κ2) is 51.6. The van der Waals surface area contributed by atoms with E-state index in [-0.39, 0.29) is 104 Å². The average Bonchev–Trinajstić information content (AvgIpc) is 0.795. The van der Waals surface area contributed by atoms with Gasteiger partial charge in [0.15, 0.2) is 55.5 Å². The molecule has 1 aliphatic carbocycles. The highest BCUT2D eigenvalue weighted by molar-refractivity contribution is 5.86. The van der Waals surface area contributed by atoms with E-state index in [0.717, 1.165) is 62.3 Å². The van der Waals surface area contributed by atoms with Crippen molar-refractivity contribution in [3.8, 4) is 0 Å². The number of hydrogen-bond donors (Lipinski definition) is 8. The molecule has 0 aromatic heterocycles. The zero-order chi connectivity index (χ0) is 87.1. The number of hydrogen-bond acceptors (Lipinski definition) is 36. The minimum atomic E-state index is -1.42. The number of nitrogens with zero attached hydrogens (tertiary/aromatic N) is 1. The number of carbonyl (C=O) groups is 16. The minimum Gasteiger partial charge on any atom is -0.463 e. The molecule has 16 unspecified atom stereocenters. The second-order valence-electron chi connectivity index (χ2n) is 27.8. The molecule has 4 aliphatic rings. The van der Waals surface area contributed by atoms with Crippen molar-refractivity contribution in [2.75, 3.05) is 112 Å². The largest absolute Gasteiger partial charge is 0.463 e. The van der Waals surface area contributed by atoms with E-state index in [2.05, 4.69) is 37.2 Å². The number of nitrogens with one attached hydrogen (secondary N) is 7. The van der Waals surface area contributed by atoms with Crippen LogP contribution in [0.25, 0.3) is 0 Å². The summed E-state index contributed by atoms with van der Waals surface area (Å²) in [5.74, 6) is -11.4. The van der Waals surface area contributed by atoms with Gasteiger partial charge < -0.3 is 128 Å². The Bertz CT molecular complexity index is 3390. The Morgan fingerprint density at radius 3 is 1.02 bits per heavy atom. The van der Waals surface area contributed by atoms with Gasteiger partial charge in [0.05, 0.1) is 84.7 Å². The number of benzene rings is 1. The lowest BCUT2D eigenvalue weighted by Crippen LogP contribution is -2.66. The Balaban J connectivity index is 1.36. The molecule has 0 spiro atoms. The summed E-state index contributed by atoms with van der Waals surface area (Å²) in [6.07, 6.45) is -14.9. The molecule has 1 saturated carbocycles. The molecule has 7 amide bonds. The number of aliphatic hydroxyl groups excluding tert-OH is 1. The molecule has 3 aliphatic heterocycles. The molecule has 1 aromatic carbocycles. The van der Waals surface area contributed by atoms with Crippen LogP contribution in [0.4, 0.5) is 0 Å². The van der Waals surface area contributed by atoms with Gasteiger partial charge in [-0.15, -0.1) is 0 Å². The van der Waals surface area contributed by atoms with Gasteiger partial charge in [0.1, 0.15) is 56.3 Å². The number of ether oxygens (including phenoxy) is 18. The van der Waals surface area contributed by atoms with E-state index >= 15 is 0 Å². The summed E-state index contributed by atoms with van der Waals surface area (Å²) < 4.78 is 102. The van der Waals surface area contributed by atoms with Crippen LogP contribution < -0.4 is 37.2 Å². The number of aliphatic hydroxyl groups is 1. The Labute approximate surface area is 681 Å². The molecule has 0 bridgehead atoms. The van der Waals surface area contributed by atoms with Gasteiger partial charge in [-0.1, -0.05) is 24.3 Å². The monoisotopic (exact) mass is 1680 g/mol. The summed E-state index contributed by atoms with van der Waals surface area (Å²) in [4.78, 5) is 205. The van der Waals surface area contributed by atoms with Crippen molar-refractivity contribution in [3.63, 3.8) is 0 Å². The van der Waals surface area contributed by atoms with Crippen molar-refractivity contribution in [1.29, 1.82) is 0 Å². The summed E-state index contributed by atoms with van der Waals surface area (Å²) >= 11 is 0. The summed E-state index contributed by atoms with van der Waals surface area (Å²) in [6, 6.07) is 1.72. The van der Waals surface area contributed by atoms with Crippen LogP contribution in [0.15, 0.2) is 24.3 Å². The van der Waals surface area contributed by atoms with Gasteiger partial charge in [-0.3, -0.25) is 81.6 Å². The van der Waals surface area contributed by atoms with Crippen LogP contribution >= 0.6 is 0 Å². The van der Waals surface area contributed by atoms with E-state index in [9.17, 15) is 81.8 Å². The fraction of sp³-hybridized carbons (Fsp3) is 0.707. The van der Waals surface area contributed by atoms with Gasteiger partial charge in [0, 0.05) is 115 Å². The highest BCUT2D eigenvalue weighted by Crippen LogP contribution is 2.32. The Morgan fingerprint density at radius 1 is 0.390 bits per heavy atom. The standard InChI is InChI=1S/C75H112N8O35/c1-40(84)80-62-68(113-49(10)93)65(110-46(7)90)57(37-107-43(4)87)116-73(62)104-30-27-101-24-21-76-60(97)35-83(36-61(98)77-22-25-102-28-31-105-74-63(81-41(2)85)69(114-50(11)94)66(111-47(8)91)58(117-74)38-108-44(5)88)56(33-52-13-15-53(16-14-52)34-79-71(99)54-17-19-55(96)20-18-54)72(100)78-23-26-103-29-32-106-75-64(82-42(3)86)70(115-51(12)95)67(112-48(9)92)59(118-75)39-109-45(6)89/h13-16,54-59,62-70,73-75,96H,17-39H2,1-12H3,(H,76,97)(H,77,98)(H,78,100)(H,79,99)(H,80,84)(H,81,85)(H,82,86)/t54-,55+,56?,57?,58?,59?,62?,63?,64?,65?,66?,67?,68?,69?,70?,73?,74?,75?. The lowest BCUT2D eigenvalue weighted by Gasteiger charge is -2.44. The molecular weight excluding hydrogens is 1570 g/mol. The molecule has 16 atom stereocenters. The number of amides is 7. The van der Waals surface area contributed by atoms with Gasteiger partial charge in [-0.25, -0.2) is 0 Å². The molecule has 662 valence electrons. The third-order valence-corrected chi connectivity index (χ3v) is 17.8. The fourth-order valence-electron chi connectivity index (χ4n) is 13.0. The third-order valence-electron chi connectivity index (χ3n) is 17.8. The van der Waals surface area contributed by atoms with Crippen LogP contribution in [-0.2, 0) is 175 Å². The van der Waals surface area contributed by atoms with Crippen LogP contribution in [-0.4, -0.2) is 321 Å². The van der Waals surface area contributed by atoms with E-state index in [0.29, 0.717) is 36.8 Å². The van der Waals surface area contributed by atoms with E-state index in [1.807, 2.05) is 0 Å². The number of rotatable bonds is 47. The van der Waals surface area contributed by atoms with E-state index in [4.69, 9.17) is 85.3 Å². The van der Waals surface area contributed by atoms with Crippen molar-refractivity contribution >= 4 is 95.1 Å². The summed E-state index contributed by atoms with van der Waals surface area (Å²) in [6.45, 7) is 8.53. The van der Waals surface area contributed by atoms with Crippen molar-refractivity contribution in [3.05, 3.63) is 35.4 Å². The maximum absolute atomic E-state index is 14.9.